The molecular formula is C19H26N2O4. The summed E-state index contributed by atoms with van der Waals surface area (Å²) < 4.78 is 5.02. The number of nitrogens with zero attached hydrogens (tertiary/aromatic N) is 2. The fraction of sp³-hybridized carbons (Fsp3) is 0.474. The van der Waals surface area contributed by atoms with E-state index < -0.39 is 0 Å². The molecule has 0 aliphatic carbocycles. The van der Waals surface area contributed by atoms with Gasteiger partial charge in [-0.15, -0.1) is 0 Å². The third-order valence-corrected chi connectivity index (χ3v) is 4.49. The van der Waals surface area contributed by atoms with Gasteiger partial charge in [0.2, 0.25) is 0 Å². The number of carbonyl (C=O) groups is 2. The summed E-state index contributed by atoms with van der Waals surface area (Å²) in [6, 6.07) is 5.75. The lowest BCUT2D eigenvalue weighted by Crippen LogP contribution is -2.35. The maximum absolute atomic E-state index is 12.9. The van der Waals surface area contributed by atoms with Crippen LogP contribution in [0.25, 0.3) is 5.57 Å². The van der Waals surface area contributed by atoms with Gasteiger partial charge in [0.25, 0.3) is 11.8 Å². The van der Waals surface area contributed by atoms with E-state index in [4.69, 9.17) is 4.74 Å². The van der Waals surface area contributed by atoms with E-state index in [1.165, 1.54) is 4.90 Å². The highest BCUT2D eigenvalue weighted by atomic mass is 16.5. The monoisotopic (exact) mass is 346 g/mol. The topological polar surface area (TPSA) is 70.1 Å². The van der Waals surface area contributed by atoms with E-state index in [9.17, 15) is 14.7 Å². The molecule has 0 atom stereocenters. The van der Waals surface area contributed by atoms with Gasteiger partial charge in [0, 0.05) is 33.9 Å². The van der Waals surface area contributed by atoms with Crippen LogP contribution >= 0.6 is 0 Å². The molecule has 2 rings (SSSR count). The third kappa shape index (κ3) is 3.91. The molecule has 136 valence electrons. The Kier molecular flexibility index (Phi) is 6.33. The van der Waals surface area contributed by atoms with Crippen LogP contribution in [0.15, 0.2) is 23.9 Å². The molecule has 6 heteroatoms. The van der Waals surface area contributed by atoms with E-state index in [-0.39, 0.29) is 25.0 Å². The highest BCUT2D eigenvalue weighted by molar-refractivity contribution is 6.35. The molecule has 1 aromatic carbocycles. The SMILES string of the molecule is COCCCN1C(=O)C(c2ccc(C)c(C)c2)=C(N(C)CCO)C1=O. The van der Waals surface area contributed by atoms with Crippen molar-refractivity contribution in [2.45, 2.75) is 20.3 Å². The van der Waals surface area contributed by atoms with E-state index in [1.54, 1.807) is 19.1 Å². The van der Waals surface area contributed by atoms with Crippen LogP contribution in [0.1, 0.15) is 23.1 Å². The predicted molar refractivity (Wildman–Crippen MR) is 95.8 cm³/mol. The average Bonchev–Trinajstić information content (AvgIpc) is 2.82. The number of aryl methyl sites for hydroxylation is 2. The van der Waals surface area contributed by atoms with Gasteiger partial charge in [-0.2, -0.15) is 0 Å². The molecule has 0 unspecified atom stereocenters. The lowest BCUT2D eigenvalue weighted by atomic mass is 9.99. The minimum atomic E-state index is -0.315. The minimum absolute atomic E-state index is 0.0919. The molecule has 1 heterocycles. The molecule has 2 amide bonds. The summed E-state index contributed by atoms with van der Waals surface area (Å²) >= 11 is 0. The Hall–Kier alpha value is -2.18. The second kappa shape index (κ2) is 8.27. The van der Waals surface area contributed by atoms with Gasteiger partial charge in [0.1, 0.15) is 5.70 Å². The van der Waals surface area contributed by atoms with Crippen molar-refractivity contribution < 1.29 is 19.4 Å². The smallest absolute Gasteiger partial charge is 0.277 e. The van der Waals surface area contributed by atoms with Gasteiger partial charge < -0.3 is 14.7 Å². The second-order valence-corrected chi connectivity index (χ2v) is 6.28. The van der Waals surface area contributed by atoms with Crippen LogP contribution in [0.3, 0.4) is 0 Å². The number of hydrogen-bond donors (Lipinski definition) is 1. The number of aliphatic hydroxyl groups excluding tert-OH is 1. The summed E-state index contributed by atoms with van der Waals surface area (Å²) in [6.07, 6.45) is 0.588. The van der Waals surface area contributed by atoms with E-state index >= 15 is 0 Å². The van der Waals surface area contributed by atoms with E-state index in [0.29, 0.717) is 30.8 Å². The van der Waals surface area contributed by atoms with Crippen LogP contribution in [0, 0.1) is 13.8 Å². The number of ether oxygens (including phenoxy) is 1. The van der Waals surface area contributed by atoms with Gasteiger partial charge in [0.05, 0.1) is 12.2 Å². The molecule has 0 radical (unpaired) electrons. The molecule has 0 spiro atoms. The number of likely N-dealkylation sites (N-methyl/N-ethyl adjacent to an activating group) is 1. The normalized spacial score (nSPS) is 14.7. The highest BCUT2D eigenvalue weighted by Crippen LogP contribution is 2.32. The maximum atomic E-state index is 12.9. The summed E-state index contributed by atoms with van der Waals surface area (Å²) in [5, 5.41) is 9.24. The fourth-order valence-electron chi connectivity index (χ4n) is 2.91. The first-order chi connectivity index (χ1) is 11.9. The highest BCUT2D eigenvalue weighted by Gasteiger charge is 2.40. The van der Waals surface area contributed by atoms with Crippen molar-refractivity contribution >= 4 is 17.4 Å². The fourth-order valence-corrected chi connectivity index (χ4v) is 2.91. The molecule has 1 aromatic rings. The molecule has 6 nitrogen and oxygen atoms in total. The molecule has 1 aliphatic rings. The lowest BCUT2D eigenvalue weighted by molar-refractivity contribution is -0.137. The zero-order chi connectivity index (χ0) is 18.6. The first-order valence-electron chi connectivity index (χ1n) is 8.41. The van der Waals surface area contributed by atoms with E-state index in [1.807, 2.05) is 32.0 Å². The number of carbonyl (C=O) groups excluding carboxylic acids is 2. The predicted octanol–water partition coefficient (Wildman–Crippen LogP) is 1.34. The second-order valence-electron chi connectivity index (χ2n) is 6.28. The van der Waals surface area contributed by atoms with Crippen LogP contribution < -0.4 is 0 Å². The zero-order valence-electron chi connectivity index (χ0n) is 15.3. The van der Waals surface area contributed by atoms with Gasteiger partial charge in [-0.3, -0.25) is 14.5 Å². The molecule has 0 aromatic heterocycles. The number of rotatable bonds is 8. The van der Waals surface area contributed by atoms with Crippen molar-refractivity contribution in [3.63, 3.8) is 0 Å². The number of aliphatic hydroxyl groups is 1. The molecule has 0 saturated heterocycles. The summed E-state index contributed by atoms with van der Waals surface area (Å²) in [5.74, 6) is -0.602. The van der Waals surface area contributed by atoms with Gasteiger partial charge >= 0.3 is 0 Å². The van der Waals surface area contributed by atoms with Crippen LogP contribution in [0.4, 0.5) is 0 Å². The Labute approximate surface area is 148 Å². The number of imide groups is 1. The number of hydrogen-bond acceptors (Lipinski definition) is 5. The minimum Gasteiger partial charge on any atom is -0.395 e. The molecule has 0 bridgehead atoms. The Morgan fingerprint density at radius 3 is 2.48 bits per heavy atom. The Bertz CT molecular complexity index is 697. The number of benzene rings is 1. The van der Waals surface area contributed by atoms with Gasteiger partial charge in [-0.1, -0.05) is 18.2 Å². The van der Waals surface area contributed by atoms with E-state index in [2.05, 4.69) is 0 Å². The quantitative estimate of drug-likeness (QED) is 0.568. The zero-order valence-corrected chi connectivity index (χ0v) is 15.3. The van der Waals surface area contributed by atoms with Crippen molar-refractivity contribution in [2.75, 3.05) is 40.5 Å². The first-order valence-corrected chi connectivity index (χ1v) is 8.41. The van der Waals surface area contributed by atoms with Crippen molar-refractivity contribution in [2.24, 2.45) is 0 Å². The summed E-state index contributed by atoms with van der Waals surface area (Å²) in [4.78, 5) is 28.7. The maximum Gasteiger partial charge on any atom is 0.277 e. The number of methoxy groups -OCH3 is 1. The van der Waals surface area contributed by atoms with Crippen molar-refractivity contribution in [1.82, 2.24) is 9.80 Å². The van der Waals surface area contributed by atoms with Gasteiger partial charge in [-0.05, 0) is 37.0 Å². The average molecular weight is 346 g/mol. The first kappa shape index (κ1) is 19.1. The molecular weight excluding hydrogens is 320 g/mol. The van der Waals surface area contributed by atoms with Crippen LogP contribution in [-0.2, 0) is 14.3 Å². The Morgan fingerprint density at radius 2 is 1.88 bits per heavy atom. The standard InChI is InChI=1S/C19H26N2O4/c1-13-6-7-15(12-14(13)2)16-17(20(3)9-10-22)19(24)21(18(16)23)8-5-11-25-4/h6-7,12,22H,5,8-11H2,1-4H3. The van der Waals surface area contributed by atoms with Crippen LogP contribution in [-0.4, -0.2) is 67.2 Å². The molecule has 0 fully saturated rings. The molecule has 1 aliphatic heterocycles. The molecule has 25 heavy (non-hydrogen) atoms. The molecule has 0 saturated carbocycles. The van der Waals surface area contributed by atoms with Crippen molar-refractivity contribution in [3.05, 3.63) is 40.6 Å². The largest absolute Gasteiger partial charge is 0.395 e. The van der Waals surface area contributed by atoms with Gasteiger partial charge in [-0.25, -0.2) is 0 Å². The lowest BCUT2D eigenvalue weighted by Gasteiger charge is -2.20. The van der Waals surface area contributed by atoms with Gasteiger partial charge in [0.15, 0.2) is 0 Å². The summed E-state index contributed by atoms with van der Waals surface area (Å²) in [6.45, 7) is 4.98. The third-order valence-electron chi connectivity index (χ3n) is 4.49. The van der Waals surface area contributed by atoms with Crippen LogP contribution in [0.2, 0.25) is 0 Å². The van der Waals surface area contributed by atoms with Crippen molar-refractivity contribution in [1.29, 1.82) is 0 Å². The molecule has 1 N–H and O–H groups in total. The van der Waals surface area contributed by atoms with Crippen molar-refractivity contribution in [3.8, 4) is 0 Å². The van der Waals surface area contributed by atoms with Crippen LogP contribution in [0.5, 0.6) is 0 Å². The number of amides is 2. The summed E-state index contributed by atoms with van der Waals surface area (Å²) in [7, 11) is 3.31. The summed E-state index contributed by atoms with van der Waals surface area (Å²) in [5.41, 5.74) is 3.67. The Morgan fingerprint density at radius 1 is 1.16 bits per heavy atom. The Balaban J connectivity index is 2.45. The van der Waals surface area contributed by atoms with E-state index in [0.717, 1.165) is 16.7 Å².